The molecule has 3 rings (SSSR count). The van der Waals surface area contributed by atoms with Gasteiger partial charge in [0.2, 0.25) is 5.78 Å². The number of benzene rings is 1. The van der Waals surface area contributed by atoms with Crippen LogP contribution in [0.1, 0.15) is 21.9 Å². The summed E-state index contributed by atoms with van der Waals surface area (Å²) in [5.41, 5.74) is 1.83. The largest absolute Gasteiger partial charge is 0.458 e. The van der Waals surface area contributed by atoms with Gasteiger partial charge in [-0.05, 0) is 25.1 Å². The first-order valence-corrected chi connectivity index (χ1v) is 5.88. The molecular formula is C15H11NO3. The third-order valence-corrected chi connectivity index (χ3v) is 2.97. The zero-order valence-electron chi connectivity index (χ0n) is 10.3. The number of allylic oxidation sites excluding steroid dienone is 1. The molecule has 1 amide bonds. The molecule has 1 aliphatic heterocycles. The van der Waals surface area contributed by atoms with Crippen LogP contribution in [0.3, 0.4) is 0 Å². The molecule has 0 aliphatic carbocycles. The number of furan rings is 1. The van der Waals surface area contributed by atoms with Crippen LogP contribution in [0.4, 0.5) is 5.69 Å². The lowest BCUT2D eigenvalue weighted by molar-refractivity contribution is -0.110. The Balaban J connectivity index is 2.00. The van der Waals surface area contributed by atoms with E-state index in [0.29, 0.717) is 11.3 Å². The Morgan fingerprint density at radius 1 is 1.21 bits per heavy atom. The van der Waals surface area contributed by atoms with Crippen molar-refractivity contribution in [3.8, 4) is 0 Å². The number of hydrogen-bond acceptors (Lipinski definition) is 3. The number of carbonyl (C=O) groups excluding carboxylic acids is 2. The molecule has 0 saturated carbocycles. The summed E-state index contributed by atoms with van der Waals surface area (Å²) < 4.78 is 5.25. The summed E-state index contributed by atoms with van der Waals surface area (Å²) in [6, 6.07) is 10.6. The second-order valence-electron chi connectivity index (χ2n) is 4.33. The molecule has 19 heavy (non-hydrogen) atoms. The summed E-state index contributed by atoms with van der Waals surface area (Å²) in [6.07, 6.45) is 1.32. The van der Waals surface area contributed by atoms with Gasteiger partial charge in [-0.2, -0.15) is 0 Å². The molecule has 0 radical (unpaired) electrons. The Labute approximate surface area is 109 Å². The molecule has 0 bridgehead atoms. The molecular weight excluding hydrogens is 242 g/mol. The number of anilines is 1. The van der Waals surface area contributed by atoms with Gasteiger partial charge in [0.25, 0.3) is 5.91 Å². The average Bonchev–Trinajstić information content (AvgIpc) is 2.95. The predicted octanol–water partition coefficient (Wildman–Crippen LogP) is 2.81. The number of amides is 1. The lowest BCUT2D eigenvalue weighted by Crippen LogP contribution is -2.05. The fraction of sp³-hybridized carbons (Fsp3) is 0.0667. The van der Waals surface area contributed by atoms with Crippen LogP contribution in [-0.2, 0) is 4.79 Å². The van der Waals surface area contributed by atoms with Crippen LogP contribution in [0.15, 0.2) is 46.9 Å². The molecule has 1 aliphatic rings. The van der Waals surface area contributed by atoms with Gasteiger partial charge >= 0.3 is 0 Å². The minimum absolute atomic E-state index is 0.238. The first kappa shape index (κ1) is 11.5. The second kappa shape index (κ2) is 4.24. The monoisotopic (exact) mass is 253 g/mol. The highest BCUT2D eigenvalue weighted by molar-refractivity contribution is 6.34. The van der Waals surface area contributed by atoms with Gasteiger partial charge in [-0.25, -0.2) is 0 Å². The fourth-order valence-corrected chi connectivity index (χ4v) is 2.05. The number of para-hydroxylation sites is 1. The maximum absolute atomic E-state index is 12.0. The molecule has 94 valence electrons. The molecule has 4 heteroatoms. The van der Waals surface area contributed by atoms with Gasteiger partial charge in [0, 0.05) is 17.3 Å². The lowest BCUT2D eigenvalue weighted by atomic mass is 10.1. The highest BCUT2D eigenvalue weighted by Crippen LogP contribution is 2.31. The van der Waals surface area contributed by atoms with Gasteiger partial charge < -0.3 is 9.73 Å². The normalized spacial score (nSPS) is 15.4. The number of aryl methyl sites for hydroxylation is 1. The molecule has 0 unspecified atom stereocenters. The number of fused-ring (bicyclic) bond motifs is 1. The Bertz CT molecular complexity index is 710. The minimum Gasteiger partial charge on any atom is -0.458 e. The molecule has 0 fully saturated rings. The molecule has 2 aromatic rings. The maximum atomic E-state index is 12.0. The van der Waals surface area contributed by atoms with Crippen LogP contribution in [0.2, 0.25) is 0 Å². The number of rotatable bonds is 2. The molecule has 1 aromatic heterocycles. The van der Waals surface area contributed by atoms with Crippen LogP contribution in [0.25, 0.3) is 5.57 Å². The first-order valence-electron chi connectivity index (χ1n) is 5.88. The molecule has 0 atom stereocenters. The SMILES string of the molecule is Cc1ccc(C(=O)/C=C2\C(=O)Nc3ccccc32)o1. The van der Waals surface area contributed by atoms with Gasteiger partial charge in [0.1, 0.15) is 5.76 Å². The van der Waals surface area contributed by atoms with E-state index in [2.05, 4.69) is 5.32 Å². The van der Waals surface area contributed by atoms with E-state index in [9.17, 15) is 9.59 Å². The van der Waals surface area contributed by atoms with E-state index in [1.54, 1.807) is 31.2 Å². The summed E-state index contributed by atoms with van der Waals surface area (Å²) in [5, 5.41) is 2.72. The van der Waals surface area contributed by atoms with Crippen molar-refractivity contribution in [3.05, 3.63) is 59.6 Å². The molecule has 0 spiro atoms. The third-order valence-electron chi connectivity index (χ3n) is 2.97. The van der Waals surface area contributed by atoms with Crippen LogP contribution >= 0.6 is 0 Å². The summed E-state index contributed by atoms with van der Waals surface area (Å²) in [4.78, 5) is 23.9. The van der Waals surface area contributed by atoms with E-state index in [1.807, 2.05) is 12.1 Å². The van der Waals surface area contributed by atoms with Gasteiger partial charge in [-0.3, -0.25) is 9.59 Å². The second-order valence-corrected chi connectivity index (χ2v) is 4.33. The molecule has 1 N–H and O–H groups in total. The van der Waals surface area contributed by atoms with Crippen molar-refractivity contribution in [2.45, 2.75) is 6.92 Å². The number of nitrogens with one attached hydrogen (secondary N) is 1. The third kappa shape index (κ3) is 1.97. The van der Waals surface area contributed by atoms with Crippen molar-refractivity contribution in [2.75, 3.05) is 5.32 Å². The lowest BCUT2D eigenvalue weighted by Gasteiger charge is -1.96. The summed E-state index contributed by atoms with van der Waals surface area (Å²) in [7, 11) is 0. The average molecular weight is 253 g/mol. The van der Waals surface area contributed by atoms with E-state index in [1.165, 1.54) is 6.08 Å². The van der Waals surface area contributed by atoms with Crippen LogP contribution in [0.5, 0.6) is 0 Å². The van der Waals surface area contributed by atoms with E-state index in [-0.39, 0.29) is 17.5 Å². The molecule has 0 saturated heterocycles. The van der Waals surface area contributed by atoms with Gasteiger partial charge in [0.05, 0.1) is 5.57 Å². The van der Waals surface area contributed by atoms with Crippen molar-refractivity contribution < 1.29 is 14.0 Å². The van der Waals surface area contributed by atoms with Crippen molar-refractivity contribution in [1.29, 1.82) is 0 Å². The topological polar surface area (TPSA) is 59.3 Å². The predicted molar refractivity (Wildman–Crippen MR) is 70.8 cm³/mol. The molecule has 2 heterocycles. The molecule has 4 nitrogen and oxygen atoms in total. The van der Waals surface area contributed by atoms with Gasteiger partial charge in [-0.1, -0.05) is 18.2 Å². The fourth-order valence-electron chi connectivity index (χ4n) is 2.05. The Morgan fingerprint density at radius 3 is 2.74 bits per heavy atom. The van der Waals surface area contributed by atoms with Crippen LogP contribution in [0, 0.1) is 6.92 Å². The van der Waals surface area contributed by atoms with Crippen LogP contribution in [-0.4, -0.2) is 11.7 Å². The van der Waals surface area contributed by atoms with Crippen molar-refractivity contribution in [2.24, 2.45) is 0 Å². The van der Waals surface area contributed by atoms with Crippen molar-refractivity contribution >= 4 is 23.0 Å². The smallest absolute Gasteiger partial charge is 0.256 e. The molecule has 1 aromatic carbocycles. The highest BCUT2D eigenvalue weighted by atomic mass is 16.3. The quantitative estimate of drug-likeness (QED) is 0.661. The van der Waals surface area contributed by atoms with Gasteiger partial charge in [0.15, 0.2) is 5.76 Å². The standard InChI is InChI=1S/C15H11NO3/c1-9-6-7-14(19-9)13(17)8-11-10-4-2-3-5-12(10)16-15(11)18/h2-8H,1H3,(H,16,18)/b11-8-. The maximum Gasteiger partial charge on any atom is 0.256 e. The van der Waals surface area contributed by atoms with Crippen molar-refractivity contribution in [1.82, 2.24) is 0 Å². The number of ketones is 1. The Morgan fingerprint density at radius 2 is 2.00 bits per heavy atom. The zero-order chi connectivity index (χ0) is 13.4. The number of carbonyl (C=O) groups is 2. The summed E-state index contributed by atoms with van der Waals surface area (Å²) >= 11 is 0. The van der Waals surface area contributed by atoms with Gasteiger partial charge in [-0.15, -0.1) is 0 Å². The summed E-state index contributed by atoms with van der Waals surface area (Å²) in [5.74, 6) is 0.327. The summed E-state index contributed by atoms with van der Waals surface area (Å²) in [6.45, 7) is 1.77. The highest BCUT2D eigenvalue weighted by Gasteiger charge is 2.24. The number of hydrogen-bond donors (Lipinski definition) is 1. The van der Waals surface area contributed by atoms with Crippen molar-refractivity contribution in [3.63, 3.8) is 0 Å². The Hall–Kier alpha value is -2.62. The van der Waals surface area contributed by atoms with E-state index in [4.69, 9.17) is 4.42 Å². The first-order chi connectivity index (χ1) is 9.15. The van der Waals surface area contributed by atoms with E-state index < -0.39 is 0 Å². The van der Waals surface area contributed by atoms with E-state index >= 15 is 0 Å². The Kier molecular flexibility index (Phi) is 2.56. The van der Waals surface area contributed by atoms with E-state index in [0.717, 1.165) is 11.3 Å². The minimum atomic E-state index is -0.310. The van der Waals surface area contributed by atoms with Crippen LogP contribution < -0.4 is 5.32 Å². The zero-order valence-corrected chi connectivity index (χ0v) is 10.3.